The molecule has 0 unspecified atom stereocenters. The highest BCUT2D eigenvalue weighted by molar-refractivity contribution is 6.31. The Morgan fingerprint density at radius 2 is 1.88 bits per heavy atom. The van der Waals surface area contributed by atoms with Gasteiger partial charge in [0.05, 0.1) is 17.7 Å². The minimum absolute atomic E-state index is 0.00171. The fraction of sp³-hybridized carbons (Fsp3) is 0.417. The van der Waals surface area contributed by atoms with Gasteiger partial charge in [-0.15, -0.1) is 0 Å². The summed E-state index contributed by atoms with van der Waals surface area (Å²) in [4.78, 5) is 68.6. The van der Waals surface area contributed by atoms with Crippen LogP contribution < -0.4 is 5.32 Å². The minimum Gasteiger partial charge on any atom is -0.459 e. The zero-order valence-corrected chi connectivity index (χ0v) is 27.7. The minimum atomic E-state index is -0.916. The lowest BCUT2D eigenvalue weighted by Gasteiger charge is -2.56. The Kier molecular flexibility index (Phi) is 8.72. The van der Waals surface area contributed by atoms with Crippen LogP contribution in [0.15, 0.2) is 65.4 Å². The van der Waals surface area contributed by atoms with Gasteiger partial charge < -0.3 is 29.4 Å². The van der Waals surface area contributed by atoms with Crippen LogP contribution in [0.2, 0.25) is 5.02 Å². The molecule has 0 spiro atoms. The molecule has 3 aromatic heterocycles. The third kappa shape index (κ3) is 5.63. The number of piperazine rings is 1. The average Bonchev–Trinajstić information content (AvgIpc) is 3.78. The molecule has 0 bridgehead atoms. The van der Waals surface area contributed by atoms with Crippen molar-refractivity contribution in [3.8, 4) is 0 Å². The van der Waals surface area contributed by atoms with E-state index < -0.39 is 17.4 Å². The summed E-state index contributed by atoms with van der Waals surface area (Å²) < 4.78 is 5.31. The number of aromatic nitrogens is 2. The summed E-state index contributed by atoms with van der Waals surface area (Å²) in [5, 5.41) is 4.59. The Hall–Kier alpha value is -4.64. The third-order valence-corrected chi connectivity index (χ3v) is 10.6. The van der Waals surface area contributed by atoms with Gasteiger partial charge in [0.2, 0.25) is 17.7 Å². The second-order valence-corrected chi connectivity index (χ2v) is 13.3. The second kappa shape index (κ2) is 13.1. The Labute approximate surface area is 283 Å². The van der Waals surface area contributed by atoms with Crippen LogP contribution in [0.5, 0.6) is 0 Å². The van der Waals surface area contributed by atoms with E-state index in [1.807, 2.05) is 53.1 Å². The molecule has 2 fully saturated rings. The van der Waals surface area contributed by atoms with E-state index in [1.165, 1.54) is 6.26 Å². The molecule has 11 nitrogen and oxygen atoms in total. The summed E-state index contributed by atoms with van der Waals surface area (Å²) in [6.45, 7) is 4.34. The number of nitrogens with one attached hydrogen (secondary N) is 2. The van der Waals surface area contributed by atoms with Crippen LogP contribution in [0, 0.1) is 11.8 Å². The molecule has 0 radical (unpaired) electrons. The molecule has 3 aliphatic rings. The van der Waals surface area contributed by atoms with Gasteiger partial charge in [0.15, 0.2) is 5.76 Å². The average molecular weight is 671 g/mol. The van der Waals surface area contributed by atoms with Crippen molar-refractivity contribution in [2.45, 2.75) is 44.6 Å². The van der Waals surface area contributed by atoms with Crippen LogP contribution in [-0.2, 0) is 32.8 Å². The van der Waals surface area contributed by atoms with Crippen molar-refractivity contribution in [3.63, 3.8) is 0 Å². The van der Waals surface area contributed by atoms with Gasteiger partial charge >= 0.3 is 0 Å². The SMILES string of the molecule is CC[C@]12c3[nH]c4ccc(Cl)cc4c3CCN1C(=O)[C@@H](CC(=O)NCCc1ccccn1)C[C@@H]2C(=O)N1CCN(C(=O)c2ccco2)CC1. The maximum Gasteiger partial charge on any atom is 0.289 e. The van der Waals surface area contributed by atoms with Gasteiger partial charge in [-0.3, -0.25) is 24.2 Å². The second-order valence-electron chi connectivity index (χ2n) is 12.9. The highest BCUT2D eigenvalue weighted by atomic mass is 35.5. The number of carbonyl (C=O) groups is 4. The number of hydrogen-bond acceptors (Lipinski definition) is 6. The lowest BCUT2D eigenvalue weighted by molar-refractivity contribution is -0.167. The fourth-order valence-corrected chi connectivity index (χ4v) is 8.22. The number of benzene rings is 1. The Morgan fingerprint density at radius 1 is 1.06 bits per heavy atom. The normalized spacial score (nSPS) is 22.4. The number of pyridine rings is 1. The number of nitrogens with zero attached hydrogens (tertiary/aromatic N) is 4. The zero-order valence-electron chi connectivity index (χ0n) is 26.9. The number of carbonyl (C=O) groups excluding carboxylic acids is 4. The van der Waals surface area contributed by atoms with Gasteiger partial charge in [-0.1, -0.05) is 24.6 Å². The van der Waals surface area contributed by atoms with E-state index in [4.69, 9.17) is 16.0 Å². The summed E-state index contributed by atoms with van der Waals surface area (Å²) >= 11 is 6.42. The van der Waals surface area contributed by atoms with E-state index in [-0.39, 0.29) is 42.2 Å². The Bertz CT molecular complexity index is 1830. The van der Waals surface area contributed by atoms with Crippen molar-refractivity contribution in [2.75, 3.05) is 39.3 Å². The summed E-state index contributed by atoms with van der Waals surface area (Å²) in [6, 6.07) is 14.7. The monoisotopic (exact) mass is 670 g/mol. The molecule has 7 rings (SSSR count). The molecule has 48 heavy (non-hydrogen) atoms. The Morgan fingerprint density at radius 3 is 2.60 bits per heavy atom. The lowest BCUT2D eigenvalue weighted by Crippen LogP contribution is -2.66. The largest absolute Gasteiger partial charge is 0.459 e. The summed E-state index contributed by atoms with van der Waals surface area (Å²) in [5.41, 5.74) is 2.83. The third-order valence-electron chi connectivity index (χ3n) is 10.4. The van der Waals surface area contributed by atoms with Crippen molar-refractivity contribution in [1.82, 2.24) is 30.0 Å². The number of fused-ring (bicyclic) bond motifs is 5. The first-order valence-electron chi connectivity index (χ1n) is 16.7. The molecule has 0 saturated carbocycles. The van der Waals surface area contributed by atoms with Gasteiger partial charge in [-0.25, -0.2) is 0 Å². The first-order valence-corrected chi connectivity index (χ1v) is 17.1. The highest BCUT2D eigenvalue weighted by Crippen LogP contribution is 2.52. The molecule has 3 aliphatic heterocycles. The number of amides is 4. The zero-order chi connectivity index (χ0) is 33.4. The van der Waals surface area contributed by atoms with Crippen molar-refractivity contribution >= 4 is 46.1 Å². The van der Waals surface area contributed by atoms with Crippen molar-refractivity contribution < 1.29 is 23.6 Å². The first kappa shape index (κ1) is 31.9. The van der Waals surface area contributed by atoms with Crippen LogP contribution >= 0.6 is 11.6 Å². The number of halogens is 1. The summed E-state index contributed by atoms with van der Waals surface area (Å²) in [5.74, 6) is -1.55. The molecule has 4 aromatic rings. The van der Waals surface area contributed by atoms with Crippen molar-refractivity contribution in [2.24, 2.45) is 11.8 Å². The molecule has 1 aromatic carbocycles. The van der Waals surface area contributed by atoms with Gasteiger partial charge in [0, 0.05) is 91.5 Å². The van der Waals surface area contributed by atoms with Gasteiger partial charge in [0.1, 0.15) is 0 Å². The van der Waals surface area contributed by atoms with Crippen LogP contribution in [-0.4, -0.2) is 87.6 Å². The van der Waals surface area contributed by atoms with Crippen molar-refractivity contribution in [3.05, 3.63) is 88.7 Å². The van der Waals surface area contributed by atoms with Crippen molar-refractivity contribution in [1.29, 1.82) is 0 Å². The molecule has 2 N–H and O–H groups in total. The predicted octanol–water partition coefficient (Wildman–Crippen LogP) is 4.17. The predicted molar refractivity (Wildman–Crippen MR) is 179 cm³/mol. The highest BCUT2D eigenvalue weighted by Gasteiger charge is 2.59. The van der Waals surface area contributed by atoms with E-state index in [0.717, 1.165) is 27.9 Å². The Balaban J connectivity index is 1.16. The van der Waals surface area contributed by atoms with E-state index in [1.54, 1.807) is 23.2 Å². The number of H-pyrrole nitrogens is 1. The van der Waals surface area contributed by atoms with Crippen LogP contribution in [0.25, 0.3) is 10.9 Å². The number of hydrogen-bond donors (Lipinski definition) is 2. The number of aromatic amines is 1. The van der Waals surface area contributed by atoms with E-state index >= 15 is 0 Å². The van der Waals surface area contributed by atoms with Crippen LogP contribution in [0.4, 0.5) is 0 Å². The molecule has 2 saturated heterocycles. The fourth-order valence-electron chi connectivity index (χ4n) is 8.05. The van der Waals surface area contributed by atoms with E-state index in [9.17, 15) is 19.2 Å². The van der Waals surface area contributed by atoms with Gasteiger partial charge in [0.25, 0.3) is 5.91 Å². The maximum absolute atomic E-state index is 14.7. The van der Waals surface area contributed by atoms with Crippen LogP contribution in [0.3, 0.4) is 0 Å². The number of piperidine rings is 1. The summed E-state index contributed by atoms with van der Waals surface area (Å²) in [6.07, 6.45) is 5.15. The molecule has 6 heterocycles. The molecule has 250 valence electrons. The smallest absolute Gasteiger partial charge is 0.289 e. The van der Waals surface area contributed by atoms with Gasteiger partial charge in [-0.05, 0) is 67.3 Å². The molecule has 3 atom stereocenters. The number of furan rings is 1. The standard InChI is InChI=1S/C36H39ClN6O5/c1-2-36-28(34(46)41-15-17-42(18-16-41)35(47)30-7-5-19-48-30)20-23(21-31(44)39-13-10-25-6-3-4-12-38-25)33(45)43(36)14-11-26-27-22-24(37)8-9-29(27)40-32(26)36/h3-9,12,19,22-23,28,40H,2,10-11,13-18,20-21H2,1H3,(H,39,44)/t23-,28-,36+/m1/s1. The molecule has 4 amide bonds. The number of rotatable bonds is 8. The van der Waals surface area contributed by atoms with E-state index in [0.29, 0.717) is 63.6 Å². The first-order chi connectivity index (χ1) is 23.3. The topological polar surface area (TPSA) is 132 Å². The summed E-state index contributed by atoms with van der Waals surface area (Å²) in [7, 11) is 0. The van der Waals surface area contributed by atoms with Gasteiger partial charge in [-0.2, -0.15) is 0 Å². The van der Waals surface area contributed by atoms with Crippen LogP contribution in [0.1, 0.15) is 53.7 Å². The molecule has 0 aliphatic carbocycles. The maximum atomic E-state index is 14.7. The lowest BCUT2D eigenvalue weighted by atomic mass is 9.65. The molecule has 12 heteroatoms. The molecular weight excluding hydrogens is 632 g/mol. The quantitative estimate of drug-likeness (QED) is 0.289. The van der Waals surface area contributed by atoms with E-state index in [2.05, 4.69) is 15.3 Å². The molecular formula is C36H39ClN6O5.